The molecular weight excluding hydrogens is 156 g/mol. The maximum Gasteiger partial charge on any atom is 0.116 e. The van der Waals surface area contributed by atoms with Gasteiger partial charge in [0, 0.05) is 4.90 Å². The van der Waals surface area contributed by atoms with Gasteiger partial charge in [0.1, 0.15) is 5.75 Å². The molecule has 0 spiro atoms. The van der Waals surface area contributed by atoms with E-state index in [9.17, 15) is 5.11 Å². The van der Waals surface area contributed by atoms with Crippen LogP contribution in [0.4, 0.5) is 0 Å². The number of phenols is 1. The Labute approximate surface area is 72.5 Å². The minimum Gasteiger partial charge on any atom is -0.508 e. The van der Waals surface area contributed by atoms with Crippen molar-refractivity contribution in [3.8, 4) is 5.75 Å². The third-order valence-electron chi connectivity index (χ3n) is 1.59. The number of phenolic OH excluding ortho intramolecular Hbond substituents is 1. The molecule has 0 aromatic heterocycles. The summed E-state index contributed by atoms with van der Waals surface area (Å²) in [7, 11) is 0. The highest BCUT2D eigenvalue weighted by Crippen LogP contribution is 2.23. The predicted molar refractivity (Wildman–Crippen MR) is 49.4 cm³/mol. The maximum absolute atomic E-state index is 9.19. The molecule has 2 heteroatoms. The van der Waals surface area contributed by atoms with Crippen molar-refractivity contribution in [2.75, 3.05) is 0 Å². The van der Waals surface area contributed by atoms with E-state index in [1.165, 1.54) is 0 Å². The van der Waals surface area contributed by atoms with Gasteiger partial charge in [-0.05, 0) is 29.7 Å². The van der Waals surface area contributed by atoms with Gasteiger partial charge in [0.05, 0.1) is 0 Å². The Kier molecular flexibility index (Phi) is 2.45. The van der Waals surface area contributed by atoms with E-state index in [1.807, 2.05) is 6.07 Å². The molecule has 1 rings (SSSR count). The van der Waals surface area contributed by atoms with Crippen molar-refractivity contribution in [2.24, 2.45) is 0 Å². The number of hydrogen-bond donors (Lipinski definition) is 2. The van der Waals surface area contributed by atoms with Gasteiger partial charge in [-0.3, -0.25) is 0 Å². The van der Waals surface area contributed by atoms with Crippen molar-refractivity contribution < 1.29 is 5.11 Å². The quantitative estimate of drug-likeness (QED) is 0.618. The summed E-state index contributed by atoms with van der Waals surface area (Å²) in [6.45, 7) is 4.17. The molecule has 0 unspecified atom stereocenters. The lowest BCUT2D eigenvalue weighted by Gasteiger charge is -2.06. The molecule has 0 bridgehead atoms. The van der Waals surface area contributed by atoms with Gasteiger partial charge in [-0.15, -0.1) is 12.6 Å². The van der Waals surface area contributed by atoms with Crippen LogP contribution in [0.1, 0.15) is 25.3 Å². The Morgan fingerprint density at radius 2 is 1.91 bits per heavy atom. The number of hydrogen-bond acceptors (Lipinski definition) is 2. The van der Waals surface area contributed by atoms with Gasteiger partial charge in [-0.25, -0.2) is 0 Å². The van der Waals surface area contributed by atoms with E-state index >= 15 is 0 Å². The first-order valence-corrected chi connectivity index (χ1v) is 4.07. The van der Waals surface area contributed by atoms with E-state index in [1.54, 1.807) is 12.1 Å². The number of thiol groups is 1. The second kappa shape index (κ2) is 3.18. The van der Waals surface area contributed by atoms with Crippen LogP contribution in [0.3, 0.4) is 0 Å². The van der Waals surface area contributed by atoms with Crippen molar-refractivity contribution >= 4 is 12.6 Å². The van der Waals surface area contributed by atoms with E-state index < -0.39 is 0 Å². The Morgan fingerprint density at radius 3 is 2.36 bits per heavy atom. The van der Waals surface area contributed by atoms with Gasteiger partial charge in [-0.1, -0.05) is 13.8 Å². The van der Waals surface area contributed by atoms with Crippen molar-refractivity contribution in [3.05, 3.63) is 23.8 Å². The molecule has 60 valence electrons. The Hall–Kier alpha value is -0.630. The Balaban J connectivity index is 3.08. The zero-order valence-electron chi connectivity index (χ0n) is 6.70. The first-order valence-electron chi connectivity index (χ1n) is 3.62. The average Bonchev–Trinajstić information content (AvgIpc) is 1.85. The van der Waals surface area contributed by atoms with Crippen LogP contribution in [0.15, 0.2) is 23.1 Å². The summed E-state index contributed by atoms with van der Waals surface area (Å²) in [5.74, 6) is 0.731. The molecule has 0 saturated heterocycles. The third-order valence-corrected chi connectivity index (χ3v) is 1.85. The van der Waals surface area contributed by atoms with Gasteiger partial charge in [0.15, 0.2) is 0 Å². The lowest BCUT2D eigenvalue weighted by Crippen LogP contribution is -1.86. The van der Waals surface area contributed by atoms with Gasteiger partial charge >= 0.3 is 0 Å². The second-order valence-corrected chi connectivity index (χ2v) is 3.45. The Bertz CT molecular complexity index is 235. The monoisotopic (exact) mass is 168 g/mol. The molecule has 11 heavy (non-hydrogen) atoms. The van der Waals surface area contributed by atoms with Crippen LogP contribution in [-0.2, 0) is 0 Å². The molecule has 0 radical (unpaired) electrons. The van der Waals surface area contributed by atoms with Gasteiger partial charge < -0.3 is 5.11 Å². The van der Waals surface area contributed by atoms with Gasteiger partial charge in [0.2, 0.25) is 0 Å². The highest BCUT2D eigenvalue weighted by Gasteiger charge is 2.00. The van der Waals surface area contributed by atoms with Crippen molar-refractivity contribution in [1.82, 2.24) is 0 Å². The van der Waals surface area contributed by atoms with Crippen LogP contribution in [0.5, 0.6) is 5.75 Å². The molecule has 1 N–H and O–H groups in total. The minimum absolute atomic E-state index is 0.293. The topological polar surface area (TPSA) is 20.2 Å². The molecular formula is C9H12OS. The SMILES string of the molecule is CC(C)c1cc(O)cc(S)c1. The molecule has 0 aliphatic heterocycles. The number of rotatable bonds is 1. The molecule has 0 saturated carbocycles. The van der Waals surface area contributed by atoms with Crippen molar-refractivity contribution in [2.45, 2.75) is 24.7 Å². The molecule has 1 nitrogen and oxygen atoms in total. The highest BCUT2D eigenvalue weighted by molar-refractivity contribution is 7.80. The van der Waals surface area contributed by atoms with E-state index in [4.69, 9.17) is 0 Å². The van der Waals surface area contributed by atoms with Crippen molar-refractivity contribution in [1.29, 1.82) is 0 Å². The lowest BCUT2D eigenvalue weighted by atomic mass is 10.0. The van der Waals surface area contributed by atoms with E-state index in [-0.39, 0.29) is 0 Å². The van der Waals surface area contributed by atoms with Crippen LogP contribution >= 0.6 is 12.6 Å². The molecule has 0 aliphatic rings. The van der Waals surface area contributed by atoms with E-state index in [0.29, 0.717) is 11.7 Å². The fourth-order valence-electron chi connectivity index (χ4n) is 0.951. The molecule has 1 aromatic rings. The standard InChI is InChI=1S/C9H12OS/c1-6(2)7-3-8(10)5-9(11)4-7/h3-6,10-11H,1-2H3. The van der Waals surface area contributed by atoms with Crippen LogP contribution in [0.2, 0.25) is 0 Å². The van der Waals surface area contributed by atoms with E-state index in [0.717, 1.165) is 10.5 Å². The smallest absolute Gasteiger partial charge is 0.116 e. The van der Waals surface area contributed by atoms with Gasteiger partial charge in [0.25, 0.3) is 0 Å². The molecule has 0 atom stereocenters. The zero-order valence-corrected chi connectivity index (χ0v) is 7.60. The molecule has 0 amide bonds. The molecule has 1 aromatic carbocycles. The summed E-state index contributed by atoms with van der Waals surface area (Å²) in [6, 6.07) is 5.37. The highest BCUT2D eigenvalue weighted by atomic mass is 32.1. The Morgan fingerprint density at radius 1 is 1.27 bits per heavy atom. The minimum atomic E-state index is 0.293. The third kappa shape index (κ3) is 2.15. The average molecular weight is 168 g/mol. The largest absolute Gasteiger partial charge is 0.508 e. The first-order chi connectivity index (χ1) is 5.09. The number of benzene rings is 1. The van der Waals surface area contributed by atoms with Crippen LogP contribution < -0.4 is 0 Å². The normalized spacial score (nSPS) is 10.5. The maximum atomic E-state index is 9.19. The van der Waals surface area contributed by atoms with Gasteiger partial charge in [-0.2, -0.15) is 0 Å². The summed E-state index contributed by atoms with van der Waals surface area (Å²) in [5, 5.41) is 9.19. The van der Waals surface area contributed by atoms with Crippen LogP contribution in [-0.4, -0.2) is 5.11 Å². The number of aromatic hydroxyl groups is 1. The summed E-state index contributed by atoms with van der Waals surface area (Å²) in [5.41, 5.74) is 1.12. The summed E-state index contributed by atoms with van der Waals surface area (Å²) < 4.78 is 0. The van der Waals surface area contributed by atoms with E-state index in [2.05, 4.69) is 26.5 Å². The van der Waals surface area contributed by atoms with Crippen molar-refractivity contribution in [3.63, 3.8) is 0 Å². The molecule has 0 fully saturated rings. The summed E-state index contributed by atoms with van der Waals surface area (Å²) in [6.07, 6.45) is 0. The summed E-state index contributed by atoms with van der Waals surface area (Å²) >= 11 is 4.16. The molecule has 0 aliphatic carbocycles. The summed E-state index contributed by atoms with van der Waals surface area (Å²) in [4.78, 5) is 0.814. The first kappa shape index (κ1) is 8.47. The fourth-order valence-corrected chi connectivity index (χ4v) is 1.23. The fraction of sp³-hybridized carbons (Fsp3) is 0.333. The second-order valence-electron chi connectivity index (χ2n) is 2.94. The zero-order chi connectivity index (χ0) is 8.43. The lowest BCUT2D eigenvalue weighted by molar-refractivity contribution is 0.472. The molecule has 0 heterocycles. The predicted octanol–water partition coefficient (Wildman–Crippen LogP) is 2.80. The van der Waals surface area contributed by atoms with Crippen LogP contribution in [0, 0.1) is 0 Å². The van der Waals surface area contributed by atoms with Crippen LogP contribution in [0.25, 0.3) is 0 Å².